The van der Waals surface area contributed by atoms with E-state index in [1.165, 1.54) is 0 Å². The Morgan fingerprint density at radius 3 is 1.78 bits per heavy atom. The van der Waals surface area contributed by atoms with Crippen LogP contribution in [0.25, 0.3) is 0 Å². The lowest BCUT2D eigenvalue weighted by molar-refractivity contribution is -0.297. The summed E-state index contributed by atoms with van der Waals surface area (Å²) in [7, 11) is 0. The van der Waals surface area contributed by atoms with E-state index < -0.39 is 5.97 Å². The molecule has 0 aromatic carbocycles. The van der Waals surface area contributed by atoms with Crippen molar-refractivity contribution in [2.75, 3.05) is 26.2 Å². The third kappa shape index (κ3) is 2.43. The minimum Gasteiger partial charge on any atom is -0.481 e. The van der Waals surface area contributed by atoms with Gasteiger partial charge in [0.05, 0.1) is 11.8 Å². The third-order valence-electron chi connectivity index (χ3n) is 6.85. The molecule has 0 aromatic heterocycles. The van der Waals surface area contributed by atoms with E-state index in [1.807, 2.05) is 0 Å². The Balaban J connectivity index is 1.92. The van der Waals surface area contributed by atoms with Crippen LogP contribution in [0.4, 0.5) is 0 Å². The van der Waals surface area contributed by atoms with Crippen molar-refractivity contribution in [3.8, 4) is 0 Å². The molecule has 4 saturated heterocycles. The van der Waals surface area contributed by atoms with Crippen LogP contribution in [0.5, 0.6) is 0 Å². The molecule has 4 bridgehead atoms. The van der Waals surface area contributed by atoms with Crippen molar-refractivity contribution in [1.82, 2.24) is 9.80 Å². The van der Waals surface area contributed by atoms with Crippen molar-refractivity contribution >= 4 is 5.97 Å². The van der Waals surface area contributed by atoms with Gasteiger partial charge < -0.3 is 10.2 Å². The number of aliphatic hydroxyl groups excluding tert-OH is 1. The van der Waals surface area contributed by atoms with E-state index in [9.17, 15) is 9.90 Å². The molecule has 0 aliphatic carbocycles. The Morgan fingerprint density at radius 2 is 1.43 bits per heavy atom. The number of hydrogen-bond acceptors (Lipinski definition) is 4. The second-order valence-corrected chi connectivity index (χ2v) is 8.45. The lowest BCUT2D eigenvalue weighted by Gasteiger charge is -2.73. The van der Waals surface area contributed by atoms with Gasteiger partial charge in [0.2, 0.25) is 0 Å². The fourth-order valence-corrected chi connectivity index (χ4v) is 5.85. The quantitative estimate of drug-likeness (QED) is 0.751. The second-order valence-electron chi connectivity index (χ2n) is 8.45. The summed E-state index contributed by atoms with van der Waals surface area (Å²) in [6, 6.07) is 0. The van der Waals surface area contributed by atoms with Crippen molar-refractivity contribution in [3.63, 3.8) is 0 Å². The number of nitrogens with zero attached hydrogens (tertiary/aromatic N) is 2. The zero-order valence-electron chi connectivity index (χ0n) is 14.8. The molecule has 0 radical (unpaired) electrons. The lowest BCUT2D eigenvalue weighted by atomic mass is 9.55. The lowest BCUT2D eigenvalue weighted by Crippen LogP contribution is -2.84. The van der Waals surface area contributed by atoms with Gasteiger partial charge in [0.25, 0.3) is 0 Å². The summed E-state index contributed by atoms with van der Waals surface area (Å²) in [6.07, 6.45) is 4.96. The summed E-state index contributed by atoms with van der Waals surface area (Å²) in [6.45, 7) is 10.3. The highest BCUT2D eigenvalue weighted by Crippen LogP contribution is 2.57. The number of piperidine rings is 2. The first-order valence-electron chi connectivity index (χ1n) is 9.22. The highest BCUT2D eigenvalue weighted by molar-refractivity contribution is 5.66. The van der Waals surface area contributed by atoms with E-state index >= 15 is 0 Å². The van der Waals surface area contributed by atoms with Crippen molar-refractivity contribution in [2.45, 2.75) is 71.1 Å². The molecule has 4 rings (SSSR count). The first-order chi connectivity index (χ1) is 10.8. The topological polar surface area (TPSA) is 64.0 Å². The van der Waals surface area contributed by atoms with E-state index in [-0.39, 0.29) is 29.0 Å². The van der Waals surface area contributed by atoms with Crippen LogP contribution in [-0.4, -0.2) is 63.9 Å². The number of carboxylic acids is 1. The maximum atomic E-state index is 11.2. The SMILES string of the molecule is CCCC12CN3CC(CCC)(CN(C1)C3(C)CCC(=O)O)C2O. The van der Waals surface area contributed by atoms with Gasteiger partial charge in [-0.15, -0.1) is 0 Å². The van der Waals surface area contributed by atoms with E-state index in [0.29, 0.717) is 6.42 Å². The molecule has 4 heterocycles. The average molecular weight is 324 g/mol. The second kappa shape index (κ2) is 5.71. The molecule has 5 heteroatoms. The number of hydrogen-bond donors (Lipinski definition) is 2. The molecule has 4 aliphatic heterocycles. The van der Waals surface area contributed by atoms with Gasteiger partial charge in [-0.25, -0.2) is 0 Å². The maximum absolute atomic E-state index is 11.2. The third-order valence-corrected chi connectivity index (χ3v) is 6.85. The fourth-order valence-electron chi connectivity index (χ4n) is 5.85. The molecular weight excluding hydrogens is 292 g/mol. The minimum atomic E-state index is -0.714. The maximum Gasteiger partial charge on any atom is 0.303 e. The van der Waals surface area contributed by atoms with Gasteiger partial charge in [0, 0.05) is 43.4 Å². The molecule has 0 spiro atoms. The van der Waals surface area contributed by atoms with Gasteiger partial charge in [-0.3, -0.25) is 14.6 Å². The summed E-state index contributed by atoms with van der Waals surface area (Å²) in [5.74, 6) is -0.714. The molecule has 0 aromatic rings. The molecule has 0 atom stereocenters. The first kappa shape index (κ1) is 17.2. The van der Waals surface area contributed by atoms with Gasteiger partial charge in [-0.05, 0) is 26.2 Å². The average Bonchev–Trinajstić information content (AvgIpc) is 2.47. The highest BCUT2D eigenvalue weighted by Gasteiger charge is 2.67. The van der Waals surface area contributed by atoms with E-state index in [0.717, 1.165) is 51.9 Å². The van der Waals surface area contributed by atoms with Crippen LogP contribution in [0.15, 0.2) is 0 Å². The number of carbonyl (C=O) groups is 1. The van der Waals surface area contributed by atoms with Crippen LogP contribution in [-0.2, 0) is 4.79 Å². The monoisotopic (exact) mass is 324 g/mol. The smallest absolute Gasteiger partial charge is 0.303 e. The molecule has 23 heavy (non-hydrogen) atoms. The van der Waals surface area contributed by atoms with Gasteiger partial charge in [0.15, 0.2) is 0 Å². The standard InChI is InChI=1S/C18H32N2O3/c1-4-7-17-10-19-12-18(8-5-2,15(17)23)13-20(11-17)16(19,3)9-6-14(21)22/h15,23H,4-13H2,1-3H3,(H,21,22). The summed E-state index contributed by atoms with van der Waals surface area (Å²) in [4.78, 5) is 16.1. The van der Waals surface area contributed by atoms with Crippen molar-refractivity contribution < 1.29 is 15.0 Å². The van der Waals surface area contributed by atoms with Crippen LogP contribution >= 0.6 is 0 Å². The summed E-state index contributed by atoms with van der Waals surface area (Å²) in [5, 5.41) is 20.3. The van der Waals surface area contributed by atoms with E-state index in [4.69, 9.17) is 5.11 Å². The van der Waals surface area contributed by atoms with Gasteiger partial charge in [-0.1, -0.05) is 26.7 Å². The number of rotatable bonds is 7. The zero-order chi connectivity index (χ0) is 16.9. The molecule has 132 valence electrons. The molecule has 5 nitrogen and oxygen atoms in total. The van der Waals surface area contributed by atoms with Crippen LogP contribution in [0.3, 0.4) is 0 Å². The van der Waals surface area contributed by atoms with Crippen molar-refractivity contribution in [2.24, 2.45) is 10.8 Å². The number of carboxylic acid groups (broad SMARTS) is 1. The van der Waals surface area contributed by atoms with E-state index in [1.54, 1.807) is 0 Å². The van der Waals surface area contributed by atoms with Gasteiger partial charge in [0.1, 0.15) is 0 Å². The Kier molecular flexibility index (Phi) is 4.27. The van der Waals surface area contributed by atoms with Crippen LogP contribution in [0, 0.1) is 10.8 Å². The van der Waals surface area contributed by atoms with Crippen LogP contribution in [0.2, 0.25) is 0 Å². The molecular formula is C18H32N2O3. The van der Waals surface area contributed by atoms with Crippen molar-refractivity contribution in [1.29, 1.82) is 0 Å². The van der Waals surface area contributed by atoms with Crippen LogP contribution < -0.4 is 0 Å². The molecule has 4 aliphatic rings. The fraction of sp³-hybridized carbons (Fsp3) is 0.944. The normalized spacial score (nSPS) is 47.9. The molecule has 4 fully saturated rings. The Morgan fingerprint density at radius 1 is 1.00 bits per heavy atom. The minimum absolute atomic E-state index is 0.0246. The van der Waals surface area contributed by atoms with Crippen LogP contribution in [0.1, 0.15) is 59.3 Å². The predicted octanol–water partition coefficient (Wildman–Crippen LogP) is 2.15. The molecule has 0 saturated carbocycles. The largest absolute Gasteiger partial charge is 0.481 e. The zero-order valence-corrected chi connectivity index (χ0v) is 14.8. The Hall–Kier alpha value is -0.650. The highest BCUT2D eigenvalue weighted by atomic mass is 16.4. The predicted molar refractivity (Wildman–Crippen MR) is 89.1 cm³/mol. The molecule has 0 amide bonds. The summed E-state index contributed by atoms with van der Waals surface area (Å²) >= 11 is 0. The first-order valence-corrected chi connectivity index (χ1v) is 9.22. The molecule has 0 unspecified atom stereocenters. The Bertz CT molecular complexity index is 437. The van der Waals surface area contributed by atoms with E-state index in [2.05, 4.69) is 30.6 Å². The summed E-state index contributed by atoms with van der Waals surface area (Å²) < 4.78 is 0. The molecule has 2 N–H and O–H groups in total. The van der Waals surface area contributed by atoms with Gasteiger partial charge >= 0.3 is 5.97 Å². The number of aliphatic hydroxyl groups is 1. The summed E-state index contributed by atoms with van der Waals surface area (Å²) in [5.41, 5.74) is -0.209. The number of aliphatic carboxylic acids is 1. The van der Waals surface area contributed by atoms with Gasteiger partial charge in [-0.2, -0.15) is 0 Å². The Labute approximate surface area is 139 Å². The van der Waals surface area contributed by atoms with Crippen molar-refractivity contribution in [3.05, 3.63) is 0 Å².